The van der Waals surface area contributed by atoms with Crippen molar-refractivity contribution in [3.8, 4) is 0 Å². The number of para-hydroxylation sites is 1. The zero-order valence-electron chi connectivity index (χ0n) is 18.6. The van der Waals surface area contributed by atoms with Crippen molar-refractivity contribution in [3.05, 3.63) is 101 Å². The zero-order valence-corrected chi connectivity index (χ0v) is 18.6. The summed E-state index contributed by atoms with van der Waals surface area (Å²) in [4.78, 5) is 33.8. The Labute approximate surface area is 194 Å². The van der Waals surface area contributed by atoms with Crippen molar-refractivity contribution in [2.24, 2.45) is 0 Å². The standard InChI is InChI=1S/C28H27N3O2/c32-27-24-13-7-6-12-23(24)25(26-22-11-5-4-8-20(22)14-15-31(26)27)28(33)30-18-16-29(17-19-30)21-9-2-1-3-10-21/h1-13,25-26H,14-19H2. The molecule has 166 valence electrons. The molecule has 2 unspecified atom stereocenters. The van der Waals surface area contributed by atoms with E-state index in [9.17, 15) is 9.59 Å². The smallest absolute Gasteiger partial charge is 0.254 e. The van der Waals surface area contributed by atoms with Crippen molar-refractivity contribution >= 4 is 17.5 Å². The van der Waals surface area contributed by atoms with Gasteiger partial charge in [-0.25, -0.2) is 0 Å². The Morgan fingerprint density at radius 2 is 1.39 bits per heavy atom. The number of rotatable bonds is 2. The van der Waals surface area contributed by atoms with Gasteiger partial charge in [-0.15, -0.1) is 0 Å². The zero-order chi connectivity index (χ0) is 22.4. The summed E-state index contributed by atoms with van der Waals surface area (Å²) in [6.07, 6.45) is 0.831. The lowest BCUT2D eigenvalue weighted by molar-refractivity contribution is -0.135. The van der Waals surface area contributed by atoms with Gasteiger partial charge < -0.3 is 14.7 Å². The predicted octanol–water partition coefficient (Wildman–Crippen LogP) is 3.87. The Morgan fingerprint density at radius 3 is 2.18 bits per heavy atom. The van der Waals surface area contributed by atoms with E-state index in [0.29, 0.717) is 25.2 Å². The summed E-state index contributed by atoms with van der Waals surface area (Å²) < 4.78 is 0. The Hall–Kier alpha value is -3.60. The molecule has 6 rings (SSSR count). The minimum absolute atomic E-state index is 0.0445. The summed E-state index contributed by atoms with van der Waals surface area (Å²) in [6, 6.07) is 26.1. The van der Waals surface area contributed by atoms with Gasteiger partial charge in [0, 0.05) is 44.0 Å². The van der Waals surface area contributed by atoms with Crippen molar-refractivity contribution in [1.29, 1.82) is 0 Å². The van der Waals surface area contributed by atoms with E-state index < -0.39 is 0 Å². The lowest BCUT2D eigenvalue weighted by atomic mass is 9.75. The van der Waals surface area contributed by atoms with Crippen molar-refractivity contribution in [1.82, 2.24) is 9.80 Å². The molecule has 0 aliphatic carbocycles. The summed E-state index contributed by atoms with van der Waals surface area (Å²) in [6.45, 7) is 3.66. The fourth-order valence-electron chi connectivity index (χ4n) is 5.76. The Morgan fingerprint density at radius 1 is 0.727 bits per heavy atom. The molecular formula is C28H27N3O2. The first-order valence-corrected chi connectivity index (χ1v) is 11.8. The monoisotopic (exact) mass is 437 g/mol. The molecule has 5 nitrogen and oxygen atoms in total. The van der Waals surface area contributed by atoms with Crippen LogP contribution in [0.2, 0.25) is 0 Å². The van der Waals surface area contributed by atoms with Crippen LogP contribution in [0.4, 0.5) is 5.69 Å². The number of carbonyl (C=O) groups excluding carboxylic acids is 2. The molecular weight excluding hydrogens is 410 g/mol. The second-order valence-corrected chi connectivity index (χ2v) is 9.11. The molecule has 3 aliphatic rings. The molecule has 33 heavy (non-hydrogen) atoms. The van der Waals surface area contributed by atoms with E-state index in [0.717, 1.165) is 30.6 Å². The highest BCUT2D eigenvalue weighted by molar-refractivity contribution is 6.01. The molecule has 1 fully saturated rings. The van der Waals surface area contributed by atoms with Crippen LogP contribution in [-0.2, 0) is 11.2 Å². The van der Waals surface area contributed by atoms with Crippen LogP contribution in [0.25, 0.3) is 0 Å². The van der Waals surface area contributed by atoms with Crippen LogP contribution in [-0.4, -0.2) is 54.3 Å². The maximum Gasteiger partial charge on any atom is 0.254 e. The molecule has 3 aliphatic heterocycles. The van der Waals surface area contributed by atoms with Crippen LogP contribution in [0, 0.1) is 0 Å². The van der Waals surface area contributed by atoms with E-state index in [1.165, 1.54) is 11.3 Å². The number of piperazine rings is 1. The maximum absolute atomic E-state index is 14.1. The Kier molecular flexibility index (Phi) is 4.90. The van der Waals surface area contributed by atoms with Crippen LogP contribution in [0.3, 0.4) is 0 Å². The van der Waals surface area contributed by atoms with Gasteiger partial charge in [-0.1, -0.05) is 60.7 Å². The van der Waals surface area contributed by atoms with E-state index in [2.05, 4.69) is 41.3 Å². The van der Waals surface area contributed by atoms with Crippen molar-refractivity contribution in [2.75, 3.05) is 37.6 Å². The summed E-state index contributed by atoms with van der Waals surface area (Å²) in [7, 11) is 0. The minimum Gasteiger partial charge on any atom is -0.368 e. The van der Waals surface area contributed by atoms with Crippen LogP contribution in [0.5, 0.6) is 0 Å². The number of carbonyl (C=O) groups is 2. The van der Waals surface area contributed by atoms with Gasteiger partial charge in [0.25, 0.3) is 5.91 Å². The second-order valence-electron chi connectivity index (χ2n) is 9.11. The van der Waals surface area contributed by atoms with Gasteiger partial charge in [0.15, 0.2) is 0 Å². The molecule has 2 atom stereocenters. The number of hydrogen-bond acceptors (Lipinski definition) is 3. The van der Waals surface area contributed by atoms with Crippen molar-refractivity contribution < 1.29 is 9.59 Å². The maximum atomic E-state index is 14.1. The highest BCUT2D eigenvalue weighted by Gasteiger charge is 2.47. The highest BCUT2D eigenvalue weighted by Crippen LogP contribution is 2.46. The molecule has 0 spiro atoms. The van der Waals surface area contributed by atoms with Crippen LogP contribution in [0.1, 0.15) is 39.0 Å². The first kappa shape index (κ1) is 20.0. The predicted molar refractivity (Wildman–Crippen MR) is 128 cm³/mol. The molecule has 0 radical (unpaired) electrons. The topological polar surface area (TPSA) is 43.9 Å². The Bertz CT molecular complexity index is 1200. The number of hydrogen-bond donors (Lipinski definition) is 0. The van der Waals surface area contributed by atoms with Crippen LogP contribution in [0.15, 0.2) is 78.9 Å². The number of amides is 2. The average Bonchev–Trinajstić information content (AvgIpc) is 2.89. The molecule has 0 saturated carbocycles. The number of anilines is 1. The molecule has 0 N–H and O–H groups in total. The third-order valence-corrected chi connectivity index (χ3v) is 7.41. The number of nitrogens with zero attached hydrogens (tertiary/aromatic N) is 3. The third-order valence-electron chi connectivity index (χ3n) is 7.41. The molecule has 0 bridgehead atoms. The average molecular weight is 438 g/mol. The quantitative estimate of drug-likeness (QED) is 0.611. The largest absolute Gasteiger partial charge is 0.368 e. The van der Waals surface area contributed by atoms with Crippen molar-refractivity contribution in [2.45, 2.75) is 18.4 Å². The SMILES string of the molecule is O=C(C1c2ccccc2C(=O)N2CCc3ccccc3C12)N1CCN(c2ccccc2)CC1. The molecule has 5 heteroatoms. The molecule has 3 heterocycles. The van der Waals surface area contributed by atoms with Gasteiger partial charge >= 0.3 is 0 Å². The van der Waals surface area contributed by atoms with Gasteiger partial charge in [0.2, 0.25) is 5.91 Å². The number of fused-ring (bicyclic) bond motifs is 4. The fourth-order valence-corrected chi connectivity index (χ4v) is 5.76. The van der Waals surface area contributed by atoms with E-state index >= 15 is 0 Å². The van der Waals surface area contributed by atoms with Gasteiger partial charge in [-0.2, -0.15) is 0 Å². The fraction of sp³-hybridized carbons (Fsp3) is 0.286. The molecule has 3 aromatic carbocycles. The normalized spacial score (nSPS) is 21.8. The van der Waals surface area contributed by atoms with Gasteiger partial charge in [-0.3, -0.25) is 9.59 Å². The second kappa shape index (κ2) is 8.07. The Balaban J connectivity index is 1.34. The van der Waals surface area contributed by atoms with E-state index in [4.69, 9.17) is 0 Å². The summed E-state index contributed by atoms with van der Waals surface area (Å²) in [5.41, 5.74) is 5.11. The summed E-state index contributed by atoms with van der Waals surface area (Å²) in [5, 5.41) is 0. The number of benzene rings is 3. The molecule has 1 saturated heterocycles. The minimum atomic E-state index is -0.372. The lowest BCUT2D eigenvalue weighted by Gasteiger charge is -2.47. The molecule has 0 aromatic heterocycles. The van der Waals surface area contributed by atoms with E-state index in [1.54, 1.807) is 0 Å². The van der Waals surface area contributed by atoms with E-state index in [-0.39, 0.29) is 23.8 Å². The van der Waals surface area contributed by atoms with Gasteiger partial charge in [-0.05, 0) is 41.3 Å². The summed E-state index contributed by atoms with van der Waals surface area (Å²) in [5.74, 6) is -0.193. The van der Waals surface area contributed by atoms with Crippen LogP contribution >= 0.6 is 0 Å². The first-order chi connectivity index (χ1) is 16.2. The third kappa shape index (κ3) is 3.30. The van der Waals surface area contributed by atoms with E-state index in [1.807, 2.05) is 52.3 Å². The lowest BCUT2D eigenvalue weighted by Crippen LogP contribution is -2.54. The molecule has 3 aromatic rings. The van der Waals surface area contributed by atoms with Gasteiger partial charge in [0.1, 0.15) is 0 Å². The first-order valence-electron chi connectivity index (χ1n) is 11.8. The summed E-state index contributed by atoms with van der Waals surface area (Å²) >= 11 is 0. The van der Waals surface area contributed by atoms with Gasteiger partial charge in [0.05, 0.1) is 12.0 Å². The molecule has 2 amide bonds. The van der Waals surface area contributed by atoms with Crippen molar-refractivity contribution in [3.63, 3.8) is 0 Å². The highest BCUT2D eigenvalue weighted by atomic mass is 16.2. The van der Waals surface area contributed by atoms with Crippen LogP contribution < -0.4 is 4.90 Å².